The van der Waals surface area contributed by atoms with Gasteiger partial charge in [-0.1, -0.05) is 54.5 Å². The fraction of sp³-hybridized carbons (Fsp3) is 0.238. The zero-order valence-electron chi connectivity index (χ0n) is 15.0. The first kappa shape index (κ1) is 16.7. The molecule has 0 radical (unpaired) electrons. The molecule has 5 heteroatoms. The standard InChI is InChI=1S/C21H18ClNO3/c22-18-11-10-17(13-16(18)9-8-14-4-2-1-3-5-14)20(24)23-19(21(25)26)12-15-6-7-15/h1-5,10-11,13,15,19H,6-7,12H2,(H,23,24)(H,25,26)/t19-/m0/s1/i15D. The van der Waals surface area contributed by atoms with E-state index in [1.54, 1.807) is 12.1 Å². The summed E-state index contributed by atoms with van der Waals surface area (Å²) in [6, 6.07) is 12.9. The number of carbonyl (C=O) groups excluding carboxylic acids is 1. The van der Waals surface area contributed by atoms with Crippen molar-refractivity contribution in [3.05, 3.63) is 70.2 Å². The Kier molecular flexibility index (Phi) is 5.18. The number of hydrogen-bond acceptors (Lipinski definition) is 2. The van der Waals surface area contributed by atoms with Crippen LogP contribution in [0.15, 0.2) is 48.5 Å². The van der Waals surface area contributed by atoms with Gasteiger partial charge in [0.1, 0.15) is 6.04 Å². The summed E-state index contributed by atoms with van der Waals surface area (Å²) in [7, 11) is 0. The average Bonchev–Trinajstić information content (AvgIpc) is 3.38. The van der Waals surface area contributed by atoms with Crippen molar-refractivity contribution >= 4 is 23.5 Å². The number of amides is 1. The number of hydrogen-bond donors (Lipinski definition) is 2. The van der Waals surface area contributed by atoms with Crippen LogP contribution in [0.3, 0.4) is 0 Å². The summed E-state index contributed by atoms with van der Waals surface area (Å²) in [5.41, 5.74) is 1.58. The summed E-state index contributed by atoms with van der Waals surface area (Å²) in [6.45, 7) is 0. The van der Waals surface area contributed by atoms with E-state index in [1.807, 2.05) is 30.3 Å². The van der Waals surface area contributed by atoms with Gasteiger partial charge >= 0.3 is 5.97 Å². The number of benzene rings is 2. The van der Waals surface area contributed by atoms with Gasteiger partial charge in [0.25, 0.3) is 5.91 Å². The molecule has 1 fully saturated rings. The van der Waals surface area contributed by atoms with Crippen LogP contribution in [0.5, 0.6) is 0 Å². The molecular weight excluding hydrogens is 350 g/mol. The molecule has 1 saturated carbocycles. The lowest BCUT2D eigenvalue weighted by molar-refractivity contribution is -0.139. The van der Waals surface area contributed by atoms with E-state index in [4.69, 9.17) is 13.0 Å². The molecule has 2 aromatic carbocycles. The predicted molar refractivity (Wildman–Crippen MR) is 100 cm³/mol. The van der Waals surface area contributed by atoms with Crippen LogP contribution in [0.1, 0.15) is 42.1 Å². The van der Waals surface area contributed by atoms with Gasteiger partial charge < -0.3 is 10.4 Å². The van der Waals surface area contributed by atoms with Crippen LogP contribution in [0.4, 0.5) is 0 Å². The number of halogens is 1. The maximum atomic E-state index is 12.5. The summed E-state index contributed by atoms with van der Waals surface area (Å²) < 4.78 is 7.96. The number of carbonyl (C=O) groups is 2. The van der Waals surface area contributed by atoms with Crippen molar-refractivity contribution in [3.8, 4) is 11.8 Å². The molecule has 0 aliphatic heterocycles. The zero-order valence-corrected chi connectivity index (χ0v) is 14.7. The molecule has 3 rings (SSSR count). The quantitative estimate of drug-likeness (QED) is 0.790. The molecule has 0 spiro atoms. The average molecular weight is 369 g/mol. The highest BCUT2D eigenvalue weighted by molar-refractivity contribution is 6.31. The number of carboxylic acid groups (broad SMARTS) is 1. The van der Waals surface area contributed by atoms with Crippen LogP contribution < -0.4 is 5.32 Å². The molecule has 1 amide bonds. The van der Waals surface area contributed by atoms with E-state index in [0.29, 0.717) is 23.4 Å². The topological polar surface area (TPSA) is 66.4 Å². The maximum Gasteiger partial charge on any atom is 0.326 e. The number of rotatable bonds is 5. The van der Waals surface area contributed by atoms with E-state index < -0.39 is 23.8 Å². The van der Waals surface area contributed by atoms with E-state index in [9.17, 15) is 14.7 Å². The summed E-state index contributed by atoms with van der Waals surface area (Å²) in [5, 5.41) is 12.2. The van der Waals surface area contributed by atoms with Gasteiger partial charge in [-0.3, -0.25) is 4.79 Å². The van der Waals surface area contributed by atoms with Crippen LogP contribution >= 0.6 is 11.6 Å². The summed E-state index contributed by atoms with van der Waals surface area (Å²) in [5.74, 6) is 3.53. The van der Waals surface area contributed by atoms with Gasteiger partial charge in [0, 0.05) is 18.1 Å². The Bertz CT molecular complexity index is 929. The predicted octanol–water partition coefficient (Wildman–Crippen LogP) is 3.72. The lowest BCUT2D eigenvalue weighted by Gasteiger charge is -2.14. The molecule has 0 heterocycles. The molecule has 0 saturated heterocycles. The van der Waals surface area contributed by atoms with Crippen LogP contribution in [-0.4, -0.2) is 23.0 Å². The zero-order chi connectivity index (χ0) is 19.4. The molecule has 0 aromatic heterocycles. The van der Waals surface area contributed by atoms with Gasteiger partial charge in [-0.15, -0.1) is 0 Å². The summed E-state index contributed by atoms with van der Waals surface area (Å²) in [4.78, 5) is 23.9. The Labute approximate surface area is 158 Å². The van der Waals surface area contributed by atoms with Gasteiger partial charge in [0.05, 0.1) is 5.02 Å². The lowest BCUT2D eigenvalue weighted by atomic mass is 10.1. The van der Waals surface area contributed by atoms with Crippen LogP contribution in [0.2, 0.25) is 5.02 Å². The van der Waals surface area contributed by atoms with Crippen molar-refractivity contribution in [1.82, 2.24) is 5.32 Å². The normalized spacial score (nSPS) is 15.8. The molecule has 1 atom stereocenters. The van der Waals surface area contributed by atoms with Crippen molar-refractivity contribution < 1.29 is 16.1 Å². The molecule has 0 unspecified atom stereocenters. The highest BCUT2D eigenvalue weighted by Gasteiger charge is 2.30. The highest BCUT2D eigenvalue weighted by atomic mass is 35.5. The monoisotopic (exact) mass is 368 g/mol. The minimum absolute atomic E-state index is 0.0995. The summed E-state index contributed by atoms with van der Waals surface area (Å²) in [6.07, 6.45) is 1.42. The molecule has 26 heavy (non-hydrogen) atoms. The van der Waals surface area contributed by atoms with Gasteiger partial charge in [-0.25, -0.2) is 4.79 Å². The van der Waals surface area contributed by atoms with Crippen molar-refractivity contribution in [2.24, 2.45) is 5.89 Å². The van der Waals surface area contributed by atoms with Gasteiger partial charge in [0.2, 0.25) is 0 Å². The first-order chi connectivity index (χ1) is 12.9. The molecular formula is C21H18ClNO3. The fourth-order valence-electron chi connectivity index (χ4n) is 2.45. The molecule has 0 bridgehead atoms. The molecule has 1 aliphatic carbocycles. The van der Waals surface area contributed by atoms with Crippen LogP contribution in [0.25, 0.3) is 0 Å². The second-order valence-corrected chi connectivity index (χ2v) is 6.54. The molecule has 2 aromatic rings. The third-order valence-corrected chi connectivity index (χ3v) is 4.37. The van der Waals surface area contributed by atoms with Crippen LogP contribution in [-0.2, 0) is 4.79 Å². The van der Waals surface area contributed by atoms with Gasteiger partial charge in [-0.05, 0) is 42.6 Å². The van der Waals surface area contributed by atoms with E-state index in [-0.39, 0.29) is 12.0 Å². The molecule has 1 aliphatic rings. The summed E-state index contributed by atoms with van der Waals surface area (Å²) >= 11 is 6.17. The largest absolute Gasteiger partial charge is 0.480 e. The lowest BCUT2D eigenvalue weighted by Crippen LogP contribution is -2.41. The third-order valence-electron chi connectivity index (χ3n) is 4.04. The molecule has 132 valence electrons. The second-order valence-electron chi connectivity index (χ2n) is 6.13. The Morgan fingerprint density at radius 2 is 1.96 bits per heavy atom. The van der Waals surface area contributed by atoms with Crippen molar-refractivity contribution in [2.45, 2.75) is 25.3 Å². The van der Waals surface area contributed by atoms with E-state index in [2.05, 4.69) is 17.2 Å². The number of aliphatic carboxylic acids is 1. The Morgan fingerprint density at radius 1 is 1.23 bits per heavy atom. The van der Waals surface area contributed by atoms with Crippen molar-refractivity contribution in [2.75, 3.05) is 0 Å². The van der Waals surface area contributed by atoms with E-state index in [1.165, 1.54) is 6.07 Å². The fourth-order valence-corrected chi connectivity index (χ4v) is 2.61. The maximum absolute atomic E-state index is 12.5. The SMILES string of the molecule is [2H]C1(C[C@H](NC(=O)c2ccc(Cl)c(C#Cc3ccccc3)c2)C(=O)O)CC1. The first-order valence-corrected chi connectivity index (χ1v) is 8.64. The molecule has 4 nitrogen and oxygen atoms in total. The Hall–Kier alpha value is -2.77. The number of carboxylic acids is 1. The smallest absolute Gasteiger partial charge is 0.326 e. The third kappa shape index (κ3) is 4.87. The Balaban J connectivity index is 1.77. The van der Waals surface area contributed by atoms with E-state index >= 15 is 0 Å². The highest BCUT2D eigenvalue weighted by Crippen LogP contribution is 2.33. The van der Waals surface area contributed by atoms with Gasteiger partial charge in [0.15, 0.2) is 0 Å². The van der Waals surface area contributed by atoms with Crippen LogP contribution in [0, 0.1) is 17.7 Å². The minimum Gasteiger partial charge on any atom is -0.480 e. The number of nitrogens with one attached hydrogen (secondary N) is 1. The van der Waals surface area contributed by atoms with Gasteiger partial charge in [-0.2, -0.15) is 0 Å². The van der Waals surface area contributed by atoms with Crippen molar-refractivity contribution in [1.29, 1.82) is 0 Å². The first-order valence-electron chi connectivity index (χ1n) is 8.77. The van der Waals surface area contributed by atoms with Crippen molar-refractivity contribution in [3.63, 3.8) is 0 Å². The molecule has 2 N–H and O–H groups in total. The van der Waals surface area contributed by atoms with E-state index in [0.717, 1.165) is 5.56 Å². The minimum atomic E-state index is -1.14. The Morgan fingerprint density at radius 3 is 2.62 bits per heavy atom. The second kappa shape index (κ2) is 8.07.